The number of nitrogens with zero attached hydrogens (tertiary/aromatic N) is 5. The van der Waals surface area contributed by atoms with Crippen LogP contribution >= 0.6 is 0 Å². The van der Waals surface area contributed by atoms with Crippen molar-refractivity contribution in [1.29, 1.82) is 0 Å². The maximum atomic E-state index is 13.1. The van der Waals surface area contributed by atoms with Crippen molar-refractivity contribution in [3.63, 3.8) is 0 Å². The summed E-state index contributed by atoms with van der Waals surface area (Å²) < 4.78 is 0. The number of H-pyrrole nitrogens is 1. The number of hydrogen-bond acceptors (Lipinski definition) is 6. The van der Waals surface area contributed by atoms with Gasteiger partial charge in [0.25, 0.3) is 5.91 Å². The molecule has 0 bridgehead atoms. The molecule has 0 unspecified atom stereocenters. The van der Waals surface area contributed by atoms with E-state index in [-0.39, 0.29) is 5.91 Å². The highest BCUT2D eigenvalue weighted by molar-refractivity contribution is 6.11. The van der Waals surface area contributed by atoms with E-state index in [9.17, 15) is 4.79 Å². The monoisotopic (exact) mass is 469 g/mol. The molecule has 180 valence electrons. The molecule has 8 heteroatoms. The molecular weight excluding hydrogens is 438 g/mol. The van der Waals surface area contributed by atoms with Crippen molar-refractivity contribution in [1.82, 2.24) is 25.1 Å². The van der Waals surface area contributed by atoms with Gasteiger partial charge in [0, 0.05) is 43.5 Å². The fourth-order valence-corrected chi connectivity index (χ4v) is 4.28. The molecule has 1 aliphatic rings. The van der Waals surface area contributed by atoms with Gasteiger partial charge in [0.15, 0.2) is 5.69 Å². The molecule has 8 nitrogen and oxygen atoms in total. The van der Waals surface area contributed by atoms with Crippen LogP contribution in [0, 0.1) is 0 Å². The number of hydrogen-bond donors (Lipinski definition) is 2. The fourth-order valence-electron chi connectivity index (χ4n) is 4.28. The van der Waals surface area contributed by atoms with Crippen LogP contribution in [0.3, 0.4) is 0 Å². The molecule has 0 radical (unpaired) electrons. The van der Waals surface area contributed by atoms with Crippen molar-refractivity contribution in [2.75, 3.05) is 36.9 Å². The van der Waals surface area contributed by atoms with Gasteiger partial charge in [-0.2, -0.15) is 5.10 Å². The van der Waals surface area contributed by atoms with E-state index in [1.165, 1.54) is 12.0 Å². The maximum Gasteiger partial charge on any atom is 0.276 e. The number of carbonyl (C=O) groups is 1. The predicted octanol–water partition coefficient (Wildman–Crippen LogP) is 4.71. The van der Waals surface area contributed by atoms with Crippen LogP contribution in [-0.4, -0.2) is 57.7 Å². The molecule has 2 N–H and O–H groups in total. The van der Waals surface area contributed by atoms with Gasteiger partial charge < -0.3 is 10.2 Å². The number of carbonyl (C=O) groups excluding carboxylic acids is 1. The van der Waals surface area contributed by atoms with E-state index < -0.39 is 0 Å². The van der Waals surface area contributed by atoms with Crippen LogP contribution in [0.15, 0.2) is 55.0 Å². The Kier molecular flexibility index (Phi) is 6.72. The highest BCUT2D eigenvalue weighted by Gasteiger charge is 2.17. The van der Waals surface area contributed by atoms with Crippen LogP contribution < -0.4 is 10.2 Å². The summed E-state index contributed by atoms with van der Waals surface area (Å²) in [6.07, 6.45) is 9.00. The van der Waals surface area contributed by atoms with E-state index in [1.54, 1.807) is 6.20 Å². The first-order valence-corrected chi connectivity index (χ1v) is 12.2. The number of unbranched alkanes of at least 4 members (excludes halogenated alkanes) is 1. The predicted molar refractivity (Wildman–Crippen MR) is 140 cm³/mol. The molecule has 4 heterocycles. The molecule has 35 heavy (non-hydrogen) atoms. The van der Waals surface area contributed by atoms with E-state index in [4.69, 9.17) is 0 Å². The molecular formula is C27H31N7O. The number of anilines is 2. The topological polar surface area (TPSA) is 90.0 Å². The standard InChI is InChI=1S/C27H31N7O/c1-3-4-10-33(2)25-9-7-22(17-29-25)30-27(35)26-23-14-20(6-8-24(23)31-32-26)21-13-19(15-28-16-21)18-34-11-5-12-34/h6-9,13-17H,3-5,10-12,18H2,1-2H3,(H,30,35)(H,31,32). The Bertz CT molecular complexity index is 1310. The summed E-state index contributed by atoms with van der Waals surface area (Å²) >= 11 is 0. The lowest BCUT2D eigenvalue weighted by Gasteiger charge is -2.30. The summed E-state index contributed by atoms with van der Waals surface area (Å²) in [6.45, 7) is 6.34. The minimum atomic E-state index is -0.271. The summed E-state index contributed by atoms with van der Waals surface area (Å²) in [4.78, 5) is 26.5. The van der Waals surface area contributed by atoms with Gasteiger partial charge in [-0.1, -0.05) is 19.4 Å². The maximum absolute atomic E-state index is 13.1. The summed E-state index contributed by atoms with van der Waals surface area (Å²) in [5, 5.41) is 11.0. The summed E-state index contributed by atoms with van der Waals surface area (Å²) in [5.41, 5.74) is 5.04. The number of rotatable bonds is 9. The summed E-state index contributed by atoms with van der Waals surface area (Å²) in [5.74, 6) is 0.614. The first-order chi connectivity index (χ1) is 17.1. The zero-order valence-corrected chi connectivity index (χ0v) is 20.3. The van der Waals surface area contributed by atoms with Crippen molar-refractivity contribution < 1.29 is 4.79 Å². The highest BCUT2D eigenvalue weighted by Crippen LogP contribution is 2.27. The number of nitrogens with one attached hydrogen (secondary N) is 2. The molecule has 0 aliphatic carbocycles. The molecule has 1 aromatic carbocycles. The Labute approximate surface area is 205 Å². The third-order valence-electron chi connectivity index (χ3n) is 6.50. The van der Waals surface area contributed by atoms with Crippen molar-refractivity contribution in [2.45, 2.75) is 32.7 Å². The number of fused-ring (bicyclic) bond motifs is 1. The number of likely N-dealkylation sites (tertiary alicyclic amines) is 1. The Hall–Kier alpha value is -3.78. The lowest BCUT2D eigenvalue weighted by Crippen LogP contribution is -2.36. The first-order valence-electron chi connectivity index (χ1n) is 12.2. The van der Waals surface area contributed by atoms with Gasteiger partial charge in [0.2, 0.25) is 0 Å². The van der Waals surface area contributed by atoms with Gasteiger partial charge in [-0.3, -0.25) is 19.8 Å². The van der Waals surface area contributed by atoms with E-state index in [0.29, 0.717) is 11.4 Å². The summed E-state index contributed by atoms with van der Waals surface area (Å²) in [6, 6.07) is 12.0. The van der Waals surface area contributed by atoms with Crippen molar-refractivity contribution in [3.05, 3.63) is 66.2 Å². The molecule has 1 amide bonds. The van der Waals surface area contributed by atoms with Crippen LogP contribution in [0.4, 0.5) is 11.5 Å². The Morgan fingerprint density at radius 1 is 1.11 bits per heavy atom. The first kappa shape index (κ1) is 23.0. The Morgan fingerprint density at radius 2 is 2.00 bits per heavy atom. The molecule has 3 aromatic heterocycles. The van der Waals surface area contributed by atoms with Gasteiger partial charge >= 0.3 is 0 Å². The van der Waals surface area contributed by atoms with E-state index >= 15 is 0 Å². The van der Waals surface area contributed by atoms with Crippen molar-refractivity contribution in [3.8, 4) is 11.1 Å². The Balaban J connectivity index is 1.33. The van der Waals surface area contributed by atoms with Crippen LogP contribution in [-0.2, 0) is 6.54 Å². The lowest BCUT2D eigenvalue weighted by atomic mass is 10.0. The van der Waals surface area contributed by atoms with E-state index in [2.05, 4.69) is 48.3 Å². The second-order valence-corrected chi connectivity index (χ2v) is 9.18. The van der Waals surface area contributed by atoms with Gasteiger partial charge in [-0.15, -0.1) is 0 Å². The normalized spacial score (nSPS) is 13.5. The zero-order valence-electron chi connectivity index (χ0n) is 20.3. The average molecular weight is 470 g/mol. The van der Waals surface area contributed by atoms with Crippen LogP contribution in [0.25, 0.3) is 22.0 Å². The third kappa shape index (κ3) is 5.17. The molecule has 0 atom stereocenters. The molecule has 1 saturated heterocycles. The number of aromatic nitrogens is 4. The zero-order chi connectivity index (χ0) is 24.2. The fraction of sp³-hybridized carbons (Fsp3) is 0.333. The molecule has 5 rings (SSSR count). The number of pyridine rings is 2. The third-order valence-corrected chi connectivity index (χ3v) is 6.50. The molecule has 0 saturated carbocycles. The number of benzene rings is 1. The van der Waals surface area contributed by atoms with Gasteiger partial charge in [0.05, 0.1) is 17.4 Å². The average Bonchev–Trinajstić information content (AvgIpc) is 3.29. The van der Waals surface area contributed by atoms with E-state index in [1.807, 2.05) is 49.8 Å². The van der Waals surface area contributed by atoms with Gasteiger partial charge in [-0.05, 0) is 67.4 Å². The van der Waals surface area contributed by atoms with Gasteiger partial charge in [-0.25, -0.2) is 4.98 Å². The molecule has 1 aliphatic heterocycles. The number of amides is 1. The molecule has 4 aromatic rings. The van der Waals surface area contributed by atoms with Crippen LogP contribution in [0.1, 0.15) is 42.2 Å². The number of aromatic amines is 1. The lowest BCUT2D eigenvalue weighted by molar-refractivity contribution is 0.102. The van der Waals surface area contributed by atoms with E-state index in [0.717, 1.165) is 66.9 Å². The molecule has 1 fully saturated rings. The second kappa shape index (κ2) is 10.2. The summed E-state index contributed by atoms with van der Waals surface area (Å²) in [7, 11) is 2.03. The van der Waals surface area contributed by atoms with Crippen LogP contribution in [0.5, 0.6) is 0 Å². The SMILES string of the molecule is CCCCN(C)c1ccc(NC(=O)c2n[nH]c3ccc(-c4cncc(CN5CCC5)c4)cc23)cn1. The minimum Gasteiger partial charge on any atom is -0.360 e. The Morgan fingerprint density at radius 3 is 2.74 bits per heavy atom. The van der Waals surface area contributed by atoms with Crippen LogP contribution in [0.2, 0.25) is 0 Å². The van der Waals surface area contributed by atoms with Crippen molar-refractivity contribution in [2.24, 2.45) is 0 Å². The largest absolute Gasteiger partial charge is 0.360 e. The smallest absolute Gasteiger partial charge is 0.276 e. The molecule has 0 spiro atoms. The quantitative estimate of drug-likeness (QED) is 0.369. The van der Waals surface area contributed by atoms with Crippen molar-refractivity contribution >= 4 is 28.3 Å². The minimum absolute atomic E-state index is 0.271. The second-order valence-electron chi connectivity index (χ2n) is 9.18. The highest BCUT2D eigenvalue weighted by atomic mass is 16.1. The van der Waals surface area contributed by atoms with Gasteiger partial charge in [0.1, 0.15) is 5.82 Å².